The molecule has 0 spiro atoms. The van der Waals surface area contributed by atoms with E-state index in [1.165, 1.54) is 0 Å². The number of nitrogens with one attached hydrogen (secondary N) is 1. The van der Waals surface area contributed by atoms with Crippen molar-refractivity contribution in [2.45, 2.75) is 6.29 Å². The molecule has 0 saturated carbocycles. The van der Waals surface area contributed by atoms with Crippen molar-refractivity contribution in [3.05, 3.63) is 24.3 Å². The molecule has 5 heteroatoms. The number of aromatic nitrogens is 2. The van der Waals surface area contributed by atoms with Gasteiger partial charge in [0.25, 0.3) is 0 Å². The molecule has 92 valence electrons. The molecule has 0 aliphatic heterocycles. The predicted molar refractivity (Wildman–Crippen MR) is 67.0 cm³/mol. The van der Waals surface area contributed by atoms with Gasteiger partial charge in [0, 0.05) is 21.3 Å². The molecule has 5 nitrogen and oxygen atoms in total. The highest BCUT2D eigenvalue weighted by Crippen LogP contribution is 2.17. The van der Waals surface area contributed by atoms with Crippen LogP contribution in [0.1, 0.15) is 0 Å². The molecule has 0 bridgehead atoms. The number of hydrogen-bond acceptors (Lipinski definition) is 4. The van der Waals surface area contributed by atoms with Gasteiger partial charge in [0.15, 0.2) is 6.29 Å². The maximum atomic E-state index is 5.11. The Kier molecular flexibility index (Phi) is 3.61. The molecule has 17 heavy (non-hydrogen) atoms. The zero-order valence-electron chi connectivity index (χ0n) is 10.3. The molecule has 1 aromatic heterocycles. The highest BCUT2D eigenvalue weighted by molar-refractivity contribution is 5.78. The summed E-state index contributed by atoms with van der Waals surface area (Å²) in [6, 6.07) is 8.01. The third-order valence-electron chi connectivity index (χ3n) is 2.74. The first-order valence-electron chi connectivity index (χ1n) is 5.47. The number of para-hydroxylation sites is 2. The molecular formula is C12H17N3O2. The van der Waals surface area contributed by atoms with Crippen LogP contribution in [-0.4, -0.2) is 36.6 Å². The Bertz CT molecular complexity index is 491. The molecule has 2 aromatic rings. The lowest BCUT2D eigenvalue weighted by Gasteiger charge is -2.14. The maximum absolute atomic E-state index is 5.11. The van der Waals surface area contributed by atoms with E-state index >= 15 is 0 Å². The second kappa shape index (κ2) is 5.16. The number of fused-ring (bicyclic) bond motifs is 1. The monoisotopic (exact) mass is 235 g/mol. The van der Waals surface area contributed by atoms with Crippen LogP contribution >= 0.6 is 0 Å². The quantitative estimate of drug-likeness (QED) is 0.800. The number of rotatable bonds is 5. The largest absolute Gasteiger partial charge is 0.354 e. The lowest BCUT2D eigenvalue weighted by molar-refractivity contribution is -0.0915. The molecule has 2 rings (SSSR count). The molecular weight excluding hydrogens is 218 g/mol. The minimum Gasteiger partial charge on any atom is -0.354 e. The Morgan fingerprint density at radius 3 is 2.65 bits per heavy atom. The lowest BCUT2D eigenvalue weighted by atomic mass is 10.3. The fraction of sp³-hybridized carbons (Fsp3) is 0.417. The standard InChI is InChI=1S/C12H17N3O2/c1-15-10-7-5-4-6-9(10)14-12(15)13-8-11(16-2)17-3/h4-7,11H,8H2,1-3H3,(H,13,14). The normalized spacial score (nSPS) is 11.3. The van der Waals surface area contributed by atoms with Crippen LogP contribution in [0.25, 0.3) is 11.0 Å². The number of aryl methyl sites for hydroxylation is 1. The topological polar surface area (TPSA) is 48.3 Å². The van der Waals surface area contributed by atoms with Crippen LogP contribution in [0.4, 0.5) is 5.95 Å². The highest BCUT2D eigenvalue weighted by atomic mass is 16.7. The molecule has 0 atom stereocenters. The summed E-state index contributed by atoms with van der Waals surface area (Å²) in [6.07, 6.45) is -0.269. The fourth-order valence-corrected chi connectivity index (χ4v) is 1.74. The first-order chi connectivity index (χ1) is 8.26. The summed E-state index contributed by atoms with van der Waals surface area (Å²) in [5.74, 6) is 0.810. The third kappa shape index (κ3) is 2.40. The summed E-state index contributed by atoms with van der Waals surface area (Å²) in [5, 5.41) is 3.21. The fourth-order valence-electron chi connectivity index (χ4n) is 1.74. The molecule has 0 unspecified atom stereocenters. The van der Waals surface area contributed by atoms with Crippen LogP contribution in [0.5, 0.6) is 0 Å². The van der Waals surface area contributed by atoms with Gasteiger partial charge >= 0.3 is 0 Å². The minimum absolute atomic E-state index is 0.269. The van der Waals surface area contributed by atoms with Crippen LogP contribution in [0.3, 0.4) is 0 Å². The second-order valence-electron chi connectivity index (χ2n) is 3.77. The van der Waals surface area contributed by atoms with Crippen molar-refractivity contribution in [2.75, 3.05) is 26.1 Å². The van der Waals surface area contributed by atoms with E-state index < -0.39 is 0 Å². The molecule has 0 aliphatic carbocycles. The van der Waals surface area contributed by atoms with Gasteiger partial charge in [0.05, 0.1) is 17.6 Å². The van der Waals surface area contributed by atoms with Crippen molar-refractivity contribution in [1.82, 2.24) is 9.55 Å². The Morgan fingerprint density at radius 2 is 2.00 bits per heavy atom. The number of benzene rings is 1. The van der Waals surface area contributed by atoms with E-state index in [0.717, 1.165) is 17.0 Å². The van der Waals surface area contributed by atoms with Gasteiger partial charge < -0.3 is 19.4 Å². The number of anilines is 1. The summed E-state index contributed by atoms with van der Waals surface area (Å²) < 4.78 is 12.2. The average molecular weight is 235 g/mol. The van der Waals surface area contributed by atoms with E-state index in [0.29, 0.717) is 6.54 Å². The number of nitrogens with zero attached hydrogens (tertiary/aromatic N) is 2. The van der Waals surface area contributed by atoms with Gasteiger partial charge in [-0.3, -0.25) is 0 Å². The molecule has 1 N–H and O–H groups in total. The van der Waals surface area contributed by atoms with Crippen LogP contribution in [0.15, 0.2) is 24.3 Å². The molecule has 0 aliphatic rings. The van der Waals surface area contributed by atoms with Gasteiger partial charge in [-0.15, -0.1) is 0 Å². The molecule has 0 radical (unpaired) electrons. The first kappa shape index (κ1) is 11.9. The highest BCUT2D eigenvalue weighted by Gasteiger charge is 2.09. The average Bonchev–Trinajstić information content (AvgIpc) is 2.68. The minimum atomic E-state index is -0.269. The summed E-state index contributed by atoms with van der Waals surface area (Å²) in [4.78, 5) is 4.49. The van der Waals surface area contributed by atoms with Crippen molar-refractivity contribution in [2.24, 2.45) is 7.05 Å². The number of ether oxygens (including phenoxy) is 2. The summed E-state index contributed by atoms with van der Waals surface area (Å²) in [6.45, 7) is 0.560. The zero-order chi connectivity index (χ0) is 12.3. The van der Waals surface area contributed by atoms with Crippen LogP contribution in [0.2, 0.25) is 0 Å². The zero-order valence-corrected chi connectivity index (χ0v) is 10.3. The third-order valence-corrected chi connectivity index (χ3v) is 2.74. The molecule has 0 fully saturated rings. The Balaban J connectivity index is 2.16. The summed E-state index contributed by atoms with van der Waals surface area (Å²) in [7, 11) is 5.21. The summed E-state index contributed by atoms with van der Waals surface area (Å²) in [5.41, 5.74) is 2.07. The van der Waals surface area contributed by atoms with Crippen molar-refractivity contribution >= 4 is 17.0 Å². The van der Waals surface area contributed by atoms with Gasteiger partial charge in [-0.1, -0.05) is 12.1 Å². The van der Waals surface area contributed by atoms with Gasteiger partial charge in [0.1, 0.15) is 0 Å². The van der Waals surface area contributed by atoms with E-state index in [4.69, 9.17) is 9.47 Å². The van der Waals surface area contributed by atoms with E-state index in [-0.39, 0.29) is 6.29 Å². The van der Waals surface area contributed by atoms with Crippen molar-refractivity contribution in [3.63, 3.8) is 0 Å². The first-order valence-corrected chi connectivity index (χ1v) is 5.47. The van der Waals surface area contributed by atoms with Gasteiger partial charge in [-0.25, -0.2) is 4.98 Å². The van der Waals surface area contributed by atoms with Crippen molar-refractivity contribution in [3.8, 4) is 0 Å². The lowest BCUT2D eigenvalue weighted by Crippen LogP contribution is -2.24. The van der Waals surface area contributed by atoms with E-state index in [2.05, 4.69) is 10.3 Å². The number of hydrogen-bond donors (Lipinski definition) is 1. The van der Waals surface area contributed by atoms with Crippen LogP contribution in [-0.2, 0) is 16.5 Å². The van der Waals surface area contributed by atoms with Gasteiger partial charge in [0.2, 0.25) is 5.95 Å². The maximum Gasteiger partial charge on any atom is 0.203 e. The van der Waals surface area contributed by atoms with E-state index in [9.17, 15) is 0 Å². The Labute approximate surface area is 100 Å². The molecule has 1 aromatic carbocycles. The van der Waals surface area contributed by atoms with Crippen molar-refractivity contribution < 1.29 is 9.47 Å². The van der Waals surface area contributed by atoms with Gasteiger partial charge in [-0.2, -0.15) is 0 Å². The van der Waals surface area contributed by atoms with Gasteiger partial charge in [-0.05, 0) is 12.1 Å². The SMILES string of the molecule is COC(CNc1nc2ccccc2n1C)OC. The molecule has 0 amide bonds. The number of imidazole rings is 1. The summed E-state index contributed by atoms with van der Waals surface area (Å²) >= 11 is 0. The predicted octanol–water partition coefficient (Wildman–Crippen LogP) is 1.60. The smallest absolute Gasteiger partial charge is 0.203 e. The van der Waals surface area contributed by atoms with Crippen molar-refractivity contribution in [1.29, 1.82) is 0 Å². The number of methoxy groups -OCH3 is 2. The van der Waals surface area contributed by atoms with Crippen LogP contribution < -0.4 is 5.32 Å². The van der Waals surface area contributed by atoms with E-state index in [1.807, 2.05) is 35.9 Å². The second-order valence-corrected chi connectivity index (χ2v) is 3.77. The molecule has 0 saturated heterocycles. The van der Waals surface area contributed by atoms with Crippen LogP contribution in [0, 0.1) is 0 Å². The van der Waals surface area contributed by atoms with E-state index in [1.54, 1.807) is 14.2 Å². The Hall–Kier alpha value is -1.59. The molecule has 1 heterocycles. The Morgan fingerprint density at radius 1 is 1.29 bits per heavy atom.